The van der Waals surface area contributed by atoms with E-state index in [0.29, 0.717) is 16.5 Å². The van der Waals surface area contributed by atoms with Crippen molar-refractivity contribution in [2.75, 3.05) is 11.6 Å². The van der Waals surface area contributed by atoms with E-state index in [1.165, 1.54) is 30.1 Å². The summed E-state index contributed by atoms with van der Waals surface area (Å²) in [5.41, 5.74) is 1.39. The van der Waals surface area contributed by atoms with Gasteiger partial charge in [0.05, 0.1) is 18.4 Å². The molecule has 1 atom stereocenters. The van der Waals surface area contributed by atoms with Gasteiger partial charge in [-0.05, 0) is 36.9 Å². The molecule has 2 heterocycles. The maximum Gasteiger partial charge on any atom is 0.326 e. The molecular formula is C20H20N6O6S. The number of rotatable bonds is 10. The SMILES string of the molecule is CSc1nc2ncc(CNc3ccc(C(=O)NC(CCC(=O)O)C(=O)O)cc3)nc2c(=O)[nH]1. The Morgan fingerprint density at radius 2 is 1.88 bits per heavy atom. The summed E-state index contributed by atoms with van der Waals surface area (Å²) in [7, 11) is 0. The Bertz CT molecular complexity index is 1250. The van der Waals surface area contributed by atoms with Gasteiger partial charge >= 0.3 is 11.9 Å². The second-order valence-corrected chi connectivity index (χ2v) is 7.63. The lowest BCUT2D eigenvalue weighted by Crippen LogP contribution is -2.41. The van der Waals surface area contributed by atoms with Gasteiger partial charge in [-0.15, -0.1) is 0 Å². The summed E-state index contributed by atoms with van der Waals surface area (Å²) < 4.78 is 0. The normalized spacial score (nSPS) is 11.7. The maximum atomic E-state index is 12.3. The summed E-state index contributed by atoms with van der Waals surface area (Å²) in [5.74, 6) is -3.08. The van der Waals surface area contributed by atoms with Crippen LogP contribution in [0.2, 0.25) is 0 Å². The fourth-order valence-electron chi connectivity index (χ4n) is 2.81. The van der Waals surface area contributed by atoms with Crippen molar-refractivity contribution in [1.82, 2.24) is 25.3 Å². The van der Waals surface area contributed by atoms with E-state index < -0.39 is 23.9 Å². The lowest BCUT2D eigenvalue weighted by molar-refractivity contribution is -0.140. The van der Waals surface area contributed by atoms with Crippen molar-refractivity contribution < 1.29 is 24.6 Å². The third-order valence-corrected chi connectivity index (χ3v) is 5.09. The highest BCUT2D eigenvalue weighted by Gasteiger charge is 2.21. The number of benzene rings is 1. The molecule has 0 bridgehead atoms. The summed E-state index contributed by atoms with van der Waals surface area (Å²) in [6.07, 6.45) is 2.70. The van der Waals surface area contributed by atoms with E-state index in [1.807, 2.05) is 0 Å². The highest BCUT2D eigenvalue weighted by molar-refractivity contribution is 7.98. The molecule has 1 aromatic carbocycles. The highest BCUT2D eigenvalue weighted by atomic mass is 32.2. The van der Waals surface area contributed by atoms with Gasteiger partial charge in [0.15, 0.2) is 16.3 Å². The van der Waals surface area contributed by atoms with Crippen molar-refractivity contribution in [3.8, 4) is 0 Å². The molecule has 172 valence electrons. The van der Waals surface area contributed by atoms with Crippen molar-refractivity contribution >= 4 is 46.5 Å². The molecule has 3 rings (SSSR count). The van der Waals surface area contributed by atoms with Crippen LogP contribution in [0.3, 0.4) is 0 Å². The van der Waals surface area contributed by atoms with Gasteiger partial charge in [0.2, 0.25) is 0 Å². The number of carboxylic acids is 2. The lowest BCUT2D eigenvalue weighted by Gasteiger charge is -2.14. The van der Waals surface area contributed by atoms with Gasteiger partial charge < -0.3 is 20.8 Å². The van der Waals surface area contributed by atoms with E-state index in [1.54, 1.807) is 18.4 Å². The number of amides is 1. The Morgan fingerprint density at radius 3 is 2.52 bits per heavy atom. The molecule has 0 radical (unpaired) electrons. The summed E-state index contributed by atoms with van der Waals surface area (Å²) >= 11 is 1.29. The topological polar surface area (TPSA) is 187 Å². The number of carbonyl (C=O) groups is 3. The second-order valence-electron chi connectivity index (χ2n) is 6.84. The summed E-state index contributed by atoms with van der Waals surface area (Å²) in [6, 6.07) is 4.93. The number of nitrogens with one attached hydrogen (secondary N) is 3. The summed E-state index contributed by atoms with van der Waals surface area (Å²) in [5, 5.41) is 23.7. The number of hydrogen-bond acceptors (Lipinski definition) is 9. The first kappa shape index (κ1) is 23.7. The Hall–Kier alpha value is -4.00. The zero-order valence-corrected chi connectivity index (χ0v) is 18.2. The fraction of sp³-hybridized carbons (Fsp3) is 0.250. The number of thioether (sulfide) groups is 1. The minimum absolute atomic E-state index is 0.134. The molecule has 0 fully saturated rings. The van der Waals surface area contributed by atoms with Gasteiger partial charge in [-0.25, -0.2) is 19.7 Å². The number of hydrogen-bond donors (Lipinski definition) is 5. The lowest BCUT2D eigenvalue weighted by atomic mass is 10.1. The molecular weight excluding hydrogens is 452 g/mol. The van der Waals surface area contributed by atoms with E-state index in [2.05, 4.69) is 30.6 Å². The minimum atomic E-state index is -1.31. The molecule has 1 amide bonds. The average Bonchev–Trinajstić information content (AvgIpc) is 2.80. The van der Waals surface area contributed by atoms with E-state index >= 15 is 0 Å². The second kappa shape index (κ2) is 10.5. The first-order valence-corrected chi connectivity index (χ1v) is 10.9. The Labute approximate surface area is 190 Å². The predicted molar refractivity (Wildman–Crippen MR) is 119 cm³/mol. The number of aliphatic carboxylic acids is 2. The van der Waals surface area contributed by atoms with Crippen LogP contribution in [0.15, 0.2) is 40.4 Å². The average molecular weight is 472 g/mol. The smallest absolute Gasteiger partial charge is 0.326 e. The molecule has 1 unspecified atom stereocenters. The third kappa shape index (κ3) is 6.26. The molecule has 12 nitrogen and oxygen atoms in total. The summed E-state index contributed by atoms with van der Waals surface area (Å²) in [4.78, 5) is 61.6. The van der Waals surface area contributed by atoms with Crippen molar-refractivity contribution in [2.24, 2.45) is 0 Å². The van der Waals surface area contributed by atoms with Gasteiger partial charge in [0.25, 0.3) is 11.5 Å². The highest BCUT2D eigenvalue weighted by Crippen LogP contribution is 2.13. The van der Waals surface area contributed by atoms with Crippen LogP contribution in [-0.4, -0.2) is 60.3 Å². The monoisotopic (exact) mass is 472 g/mol. The Morgan fingerprint density at radius 1 is 1.15 bits per heavy atom. The van der Waals surface area contributed by atoms with E-state index in [-0.39, 0.29) is 41.7 Å². The molecule has 0 aliphatic rings. The van der Waals surface area contributed by atoms with E-state index in [9.17, 15) is 19.2 Å². The molecule has 2 aromatic heterocycles. The van der Waals surface area contributed by atoms with Gasteiger partial charge in [0, 0.05) is 17.7 Å². The molecule has 33 heavy (non-hydrogen) atoms. The first-order chi connectivity index (χ1) is 15.8. The molecule has 5 N–H and O–H groups in total. The maximum absolute atomic E-state index is 12.3. The third-order valence-electron chi connectivity index (χ3n) is 4.51. The minimum Gasteiger partial charge on any atom is -0.481 e. The fourth-order valence-corrected chi connectivity index (χ4v) is 3.19. The molecule has 13 heteroatoms. The van der Waals surface area contributed by atoms with Crippen molar-refractivity contribution in [1.29, 1.82) is 0 Å². The van der Waals surface area contributed by atoms with Gasteiger partial charge in [0.1, 0.15) is 6.04 Å². The van der Waals surface area contributed by atoms with E-state index in [0.717, 1.165) is 0 Å². The number of fused-ring (bicyclic) bond motifs is 1. The van der Waals surface area contributed by atoms with Gasteiger partial charge in [-0.3, -0.25) is 19.4 Å². The van der Waals surface area contributed by atoms with Crippen molar-refractivity contribution in [3.63, 3.8) is 0 Å². The number of carboxylic acid groups (broad SMARTS) is 2. The predicted octanol–water partition coefficient (Wildman–Crippen LogP) is 1.09. The largest absolute Gasteiger partial charge is 0.481 e. The van der Waals surface area contributed by atoms with Crippen LogP contribution < -0.4 is 16.2 Å². The molecule has 0 aliphatic carbocycles. The van der Waals surface area contributed by atoms with Crippen LogP contribution >= 0.6 is 11.8 Å². The van der Waals surface area contributed by atoms with Gasteiger partial charge in [-0.2, -0.15) is 0 Å². The number of carbonyl (C=O) groups excluding carboxylic acids is 1. The number of nitrogens with zero attached hydrogens (tertiary/aromatic N) is 3. The quantitative estimate of drug-likeness (QED) is 0.210. The van der Waals surface area contributed by atoms with Crippen molar-refractivity contribution in [2.45, 2.75) is 30.6 Å². The van der Waals surface area contributed by atoms with Crippen LogP contribution in [0.25, 0.3) is 11.2 Å². The molecule has 0 saturated carbocycles. The molecule has 0 saturated heterocycles. The van der Waals surface area contributed by atoms with Crippen LogP contribution in [0.4, 0.5) is 5.69 Å². The van der Waals surface area contributed by atoms with Gasteiger partial charge in [-0.1, -0.05) is 11.8 Å². The zero-order chi connectivity index (χ0) is 24.0. The van der Waals surface area contributed by atoms with Crippen molar-refractivity contribution in [3.05, 3.63) is 52.1 Å². The number of aromatic amines is 1. The van der Waals surface area contributed by atoms with E-state index in [4.69, 9.17) is 10.2 Å². The van der Waals surface area contributed by atoms with Crippen LogP contribution in [0, 0.1) is 0 Å². The molecule has 3 aromatic rings. The number of H-pyrrole nitrogens is 1. The van der Waals surface area contributed by atoms with Crippen LogP contribution in [0.5, 0.6) is 0 Å². The molecule has 0 aliphatic heterocycles. The Balaban J connectivity index is 1.63. The number of anilines is 1. The van der Waals surface area contributed by atoms with Crippen LogP contribution in [0.1, 0.15) is 28.9 Å². The molecule has 0 spiro atoms. The Kier molecular flexibility index (Phi) is 7.56. The van der Waals surface area contributed by atoms with Crippen LogP contribution in [-0.2, 0) is 16.1 Å². The zero-order valence-electron chi connectivity index (χ0n) is 17.4. The summed E-state index contributed by atoms with van der Waals surface area (Å²) in [6.45, 7) is 0.258. The first-order valence-electron chi connectivity index (χ1n) is 9.66. The standard InChI is InChI=1S/C20H20N6O6S/c1-33-20-25-16-15(18(30)26-20)23-12(9-22-16)8-21-11-4-2-10(3-5-11)17(29)24-13(19(31)32)6-7-14(27)28/h2-5,9,13,21H,6-8H2,1H3,(H,24,29)(H,27,28)(H,31,32)(H,22,25,26,30). The number of aromatic nitrogens is 4.